The van der Waals surface area contributed by atoms with Gasteiger partial charge in [-0.2, -0.15) is 4.99 Å². The summed E-state index contributed by atoms with van der Waals surface area (Å²) in [4.78, 5) is 6.72. The SMILES string of the molecule is C/C=C\C.CCBr.CCCCCCC(P)CS/C(N)=N/C(=S)Nc1ccc(OC2CCN(CC)C2)cc1. The lowest BCUT2D eigenvalue weighted by Crippen LogP contribution is -2.24. The number of nitrogens with two attached hydrogens (primary N) is 1. The van der Waals surface area contributed by atoms with E-state index in [9.17, 15) is 0 Å². The van der Waals surface area contributed by atoms with Gasteiger partial charge in [-0.05, 0) is 75.4 Å². The first-order chi connectivity index (χ1) is 17.8. The maximum absolute atomic E-state index is 6.07. The predicted octanol–water partition coefficient (Wildman–Crippen LogP) is 8.10. The van der Waals surface area contributed by atoms with Gasteiger partial charge in [0.15, 0.2) is 10.3 Å². The van der Waals surface area contributed by atoms with Crippen LogP contribution in [-0.4, -0.2) is 57.7 Å². The van der Waals surface area contributed by atoms with Gasteiger partial charge in [0.2, 0.25) is 0 Å². The Morgan fingerprint density at radius 2 is 1.89 bits per heavy atom. The van der Waals surface area contributed by atoms with Gasteiger partial charge in [0.25, 0.3) is 0 Å². The number of halogens is 1. The van der Waals surface area contributed by atoms with Crippen molar-refractivity contribution in [2.45, 2.75) is 84.9 Å². The van der Waals surface area contributed by atoms with Gasteiger partial charge in [-0.15, -0.1) is 9.24 Å². The molecule has 0 aliphatic carbocycles. The molecule has 0 saturated carbocycles. The average molecular weight is 634 g/mol. The predicted molar refractivity (Wildman–Crippen MR) is 180 cm³/mol. The number of hydrogen-bond acceptors (Lipinski definition) is 4. The molecular formula is C28H50BrN4OPS2. The lowest BCUT2D eigenvalue weighted by atomic mass is 10.1. The molecular weight excluding hydrogens is 583 g/mol. The van der Waals surface area contributed by atoms with E-state index in [0.717, 1.165) is 48.6 Å². The highest BCUT2D eigenvalue weighted by Crippen LogP contribution is 2.21. The van der Waals surface area contributed by atoms with Crippen LogP contribution in [0.5, 0.6) is 5.75 Å². The van der Waals surface area contributed by atoms with Gasteiger partial charge in [-0.25, -0.2) is 0 Å². The Bertz CT molecular complexity index is 761. The van der Waals surface area contributed by atoms with E-state index in [0.29, 0.717) is 15.9 Å². The highest BCUT2D eigenvalue weighted by molar-refractivity contribution is 9.09. The summed E-state index contributed by atoms with van der Waals surface area (Å²) in [5, 5.41) is 5.08. The van der Waals surface area contributed by atoms with Crippen molar-refractivity contribution in [1.29, 1.82) is 0 Å². The van der Waals surface area contributed by atoms with E-state index >= 15 is 0 Å². The quantitative estimate of drug-likeness (QED) is 0.0489. The zero-order valence-electron chi connectivity index (χ0n) is 23.5. The van der Waals surface area contributed by atoms with Crippen molar-refractivity contribution in [1.82, 2.24) is 4.90 Å². The lowest BCUT2D eigenvalue weighted by Gasteiger charge is -2.15. The van der Waals surface area contributed by atoms with Crippen molar-refractivity contribution in [3.8, 4) is 5.75 Å². The molecule has 0 aromatic heterocycles. The fraction of sp³-hybridized carbons (Fsp3) is 0.643. The zero-order valence-corrected chi connectivity index (χ0v) is 27.9. The van der Waals surface area contributed by atoms with Gasteiger partial charge < -0.3 is 15.8 Å². The Morgan fingerprint density at radius 3 is 2.43 bits per heavy atom. The topological polar surface area (TPSA) is 62.9 Å². The number of allylic oxidation sites excluding steroid dienone is 2. The fourth-order valence-electron chi connectivity index (χ4n) is 3.38. The Hall–Kier alpha value is -0.660. The number of aliphatic imine (C=N–C) groups is 1. The van der Waals surface area contributed by atoms with Crippen molar-refractivity contribution in [3.63, 3.8) is 0 Å². The largest absolute Gasteiger partial charge is 0.489 e. The van der Waals surface area contributed by atoms with Gasteiger partial charge in [-0.3, -0.25) is 4.90 Å². The second-order valence-electron chi connectivity index (χ2n) is 8.68. The van der Waals surface area contributed by atoms with E-state index in [1.807, 2.05) is 57.2 Å². The Kier molecular flexibility index (Phi) is 24.0. The minimum Gasteiger partial charge on any atom is -0.489 e. The number of likely N-dealkylation sites (tertiary alicyclic amines) is 1. The molecule has 1 heterocycles. The third-order valence-corrected chi connectivity index (χ3v) is 7.59. The number of rotatable bonds is 11. The Morgan fingerprint density at radius 1 is 1.24 bits per heavy atom. The maximum atomic E-state index is 6.07. The van der Waals surface area contributed by atoms with Crippen LogP contribution in [0.25, 0.3) is 0 Å². The monoisotopic (exact) mass is 632 g/mol. The van der Waals surface area contributed by atoms with Gasteiger partial charge in [0.05, 0.1) is 0 Å². The van der Waals surface area contributed by atoms with Crippen LogP contribution in [0.3, 0.4) is 0 Å². The van der Waals surface area contributed by atoms with Gasteiger partial charge >= 0.3 is 0 Å². The van der Waals surface area contributed by atoms with Crippen LogP contribution in [0.4, 0.5) is 5.69 Å². The third kappa shape index (κ3) is 20.0. The van der Waals surface area contributed by atoms with Crippen LogP contribution in [0, 0.1) is 0 Å². The van der Waals surface area contributed by atoms with Crippen molar-refractivity contribution in [2.75, 3.05) is 36.0 Å². The molecule has 1 aromatic rings. The Balaban J connectivity index is 0.00000165. The molecule has 0 bridgehead atoms. The molecule has 2 rings (SSSR count). The summed E-state index contributed by atoms with van der Waals surface area (Å²) in [6, 6.07) is 7.86. The molecule has 1 fully saturated rings. The van der Waals surface area contributed by atoms with Crippen molar-refractivity contribution in [3.05, 3.63) is 36.4 Å². The zero-order chi connectivity index (χ0) is 27.9. The van der Waals surface area contributed by atoms with Crippen LogP contribution in [0.2, 0.25) is 0 Å². The second-order valence-corrected chi connectivity index (χ2v) is 12.2. The number of nitrogens with one attached hydrogen (secondary N) is 1. The summed E-state index contributed by atoms with van der Waals surface area (Å²) in [6.45, 7) is 13.7. The van der Waals surface area contributed by atoms with E-state index in [2.05, 4.69) is 54.2 Å². The number of hydrogen-bond donors (Lipinski definition) is 2. The van der Waals surface area contributed by atoms with E-state index in [4.69, 9.17) is 22.7 Å². The smallest absolute Gasteiger partial charge is 0.199 e. The minimum absolute atomic E-state index is 0.276. The van der Waals surface area contributed by atoms with Crippen LogP contribution >= 0.6 is 49.1 Å². The van der Waals surface area contributed by atoms with E-state index < -0.39 is 0 Å². The molecule has 1 aliphatic rings. The van der Waals surface area contributed by atoms with Crippen molar-refractivity contribution >= 4 is 65.1 Å². The highest BCUT2D eigenvalue weighted by atomic mass is 79.9. The maximum Gasteiger partial charge on any atom is 0.199 e. The molecule has 212 valence electrons. The molecule has 3 atom stereocenters. The van der Waals surface area contributed by atoms with Gasteiger partial charge in [-0.1, -0.05) is 86.3 Å². The molecule has 5 nitrogen and oxygen atoms in total. The number of benzene rings is 1. The summed E-state index contributed by atoms with van der Waals surface area (Å²) >= 11 is 10.0. The molecule has 0 spiro atoms. The number of thioether (sulfide) groups is 1. The number of unbranched alkanes of at least 4 members (excludes halogenated alkanes) is 3. The van der Waals surface area contributed by atoms with Crippen LogP contribution in [0.15, 0.2) is 41.4 Å². The first kappa shape index (κ1) is 36.3. The summed E-state index contributed by atoms with van der Waals surface area (Å²) in [7, 11) is 2.92. The molecule has 3 N–H and O–H groups in total. The molecule has 3 unspecified atom stereocenters. The summed E-state index contributed by atoms with van der Waals surface area (Å²) in [6.07, 6.45) is 11.7. The fourth-order valence-corrected chi connectivity index (χ4v) is 4.89. The number of nitrogens with zero attached hydrogens (tertiary/aromatic N) is 2. The number of alkyl halides is 1. The van der Waals surface area contributed by atoms with Gasteiger partial charge in [0, 0.05) is 29.9 Å². The van der Waals surface area contributed by atoms with Crippen molar-refractivity contribution in [2.24, 2.45) is 10.7 Å². The third-order valence-electron chi connectivity index (χ3n) is 5.50. The molecule has 37 heavy (non-hydrogen) atoms. The summed E-state index contributed by atoms with van der Waals surface area (Å²) < 4.78 is 6.07. The van der Waals surface area contributed by atoms with Crippen LogP contribution in [0.1, 0.15) is 73.1 Å². The Labute approximate surface area is 247 Å². The van der Waals surface area contributed by atoms with E-state index in [1.165, 1.54) is 32.1 Å². The van der Waals surface area contributed by atoms with Gasteiger partial charge in [0.1, 0.15) is 11.9 Å². The van der Waals surface area contributed by atoms with Crippen LogP contribution in [-0.2, 0) is 0 Å². The number of anilines is 1. The molecule has 1 aromatic carbocycles. The van der Waals surface area contributed by atoms with E-state index in [-0.39, 0.29) is 6.10 Å². The lowest BCUT2D eigenvalue weighted by molar-refractivity contribution is 0.202. The first-order valence-corrected chi connectivity index (χ1v) is 16.7. The molecule has 1 saturated heterocycles. The average Bonchev–Trinajstić information content (AvgIpc) is 3.34. The number of ether oxygens (including phenoxy) is 1. The minimum atomic E-state index is 0.276. The molecule has 9 heteroatoms. The second kappa shape index (κ2) is 24.4. The number of thiocarbonyl (C=S) groups is 1. The normalized spacial score (nSPS) is 16.4. The number of likely N-dealkylation sites (N-methyl/N-ethyl adjacent to an activating group) is 1. The number of amidine groups is 1. The summed E-state index contributed by atoms with van der Waals surface area (Å²) in [5.74, 6) is 1.83. The standard InChI is InChI=1S/C22H37N4OPS2.C4H8.C2H5Br/c1-3-5-6-7-8-20(28)16-30-21(23)25-22(29)24-17-9-11-18(12-10-17)27-19-13-14-26(4-2)15-19;1-3-4-2;1-2-3/h9-12,19-20H,3-8,13-16,28H2,1-2H3,(H3,23,24,25,29);3-4H,1-2H3;2H2,1H3/b;4-3-;. The van der Waals surface area contributed by atoms with E-state index in [1.54, 1.807) is 11.8 Å². The molecule has 0 amide bonds. The van der Waals surface area contributed by atoms with Crippen LogP contribution < -0.4 is 15.8 Å². The summed E-state index contributed by atoms with van der Waals surface area (Å²) in [5.41, 5.74) is 7.48. The molecule has 0 radical (unpaired) electrons. The van der Waals surface area contributed by atoms with Crippen molar-refractivity contribution < 1.29 is 4.74 Å². The molecule has 1 aliphatic heterocycles. The first-order valence-electron chi connectivity index (χ1n) is 13.5. The highest BCUT2D eigenvalue weighted by Gasteiger charge is 2.22.